The van der Waals surface area contributed by atoms with E-state index in [0.29, 0.717) is 10.6 Å². The van der Waals surface area contributed by atoms with Crippen LogP contribution in [0.4, 0.5) is 0 Å². The smallest absolute Gasteiger partial charge is 0.273 e. The molecule has 3 aromatic rings. The molecule has 1 atom stereocenters. The molecular formula is C23H19ClN2O2. The molecule has 4 nitrogen and oxygen atoms in total. The molecule has 1 heterocycles. The normalized spacial score (nSPS) is 15.7. The molecule has 3 aromatic carbocycles. The number of rotatable bonds is 4. The van der Waals surface area contributed by atoms with Gasteiger partial charge in [0.1, 0.15) is 5.75 Å². The number of nitrogens with zero attached hydrogens (tertiary/aromatic N) is 1. The van der Waals surface area contributed by atoms with Gasteiger partial charge in [-0.2, -0.15) is 0 Å². The number of amides is 1. The number of methoxy groups -OCH3 is 1. The van der Waals surface area contributed by atoms with Crippen LogP contribution in [-0.4, -0.2) is 18.0 Å². The lowest BCUT2D eigenvalue weighted by atomic mass is 10.0. The number of hydrogen-bond donors (Lipinski definition) is 1. The molecule has 4 rings (SSSR count). The first-order valence-corrected chi connectivity index (χ1v) is 9.30. The number of carbonyl (C=O) groups is 1. The van der Waals surface area contributed by atoms with Crippen LogP contribution in [0.15, 0.2) is 84.9 Å². The molecule has 0 fully saturated rings. The minimum atomic E-state index is -0.246. The minimum absolute atomic E-state index is 0.125. The number of benzene rings is 3. The first-order chi connectivity index (χ1) is 13.7. The predicted octanol–water partition coefficient (Wildman–Crippen LogP) is 5.09. The van der Waals surface area contributed by atoms with Crippen molar-refractivity contribution in [3.8, 4) is 5.75 Å². The molecule has 5 heteroatoms. The van der Waals surface area contributed by atoms with Gasteiger partial charge in [-0.15, -0.1) is 0 Å². The maximum atomic E-state index is 13.2. The van der Waals surface area contributed by atoms with Crippen LogP contribution in [-0.2, 0) is 0 Å². The SMILES string of the molecule is COc1ccc([C@@H]2C=C(c3ccccc3)NN2C(=O)c2ccc(Cl)cc2)cc1. The molecule has 140 valence electrons. The van der Waals surface area contributed by atoms with E-state index in [-0.39, 0.29) is 11.9 Å². The molecule has 28 heavy (non-hydrogen) atoms. The van der Waals surface area contributed by atoms with Crippen molar-refractivity contribution in [2.24, 2.45) is 0 Å². The van der Waals surface area contributed by atoms with Gasteiger partial charge in [0.05, 0.1) is 18.8 Å². The highest BCUT2D eigenvalue weighted by atomic mass is 35.5. The molecule has 1 aliphatic heterocycles. The van der Waals surface area contributed by atoms with Crippen molar-refractivity contribution >= 4 is 23.2 Å². The largest absolute Gasteiger partial charge is 0.497 e. The van der Waals surface area contributed by atoms with Crippen molar-refractivity contribution in [1.29, 1.82) is 0 Å². The Morgan fingerprint density at radius 3 is 2.29 bits per heavy atom. The molecule has 0 aliphatic carbocycles. The Kier molecular flexibility index (Phi) is 5.04. The summed E-state index contributed by atoms with van der Waals surface area (Å²) < 4.78 is 5.25. The molecule has 0 unspecified atom stereocenters. The summed E-state index contributed by atoms with van der Waals surface area (Å²) in [5, 5.41) is 2.24. The van der Waals surface area contributed by atoms with Crippen molar-refractivity contribution in [2.75, 3.05) is 7.11 Å². The number of hydrazine groups is 1. The maximum Gasteiger partial charge on any atom is 0.273 e. The van der Waals surface area contributed by atoms with Crippen LogP contribution in [0.25, 0.3) is 5.70 Å². The third-order valence-electron chi connectivity index (χ3n) is 4.70. The van der Waals surface area contributed by atoms with Gasteiger partial charge in [0.15, 0.2) is 0 Å². The summed E-state index contributed by atoms with van der Waals surface area (Å²) in [5.74, 6) is 0.650. The summed E-state index contributed by atoms with van der Waals surface area (Å²) in [7, 11) is 1.63. The lowest BCUT2D eigenvalue weighted by Gasteiger charge is -2.25. The fraction of sp³-hybridized carbons (Fsp3) is 0.0870. The summed E-state index contributed by atoms with van der Waals surface area (Å²) in [4.78, 5) is 13.2. The molecule has 1 amide bonds. The van der Waals surface area contributed by atoms with Gasteiger partial charge in [-0.1, -0.05) is 54.1 Å². The Bertz CT molecular complexity index is 999. The number of ether oxygens (including phenoxy) is 1. The fourth-order valence-electron chi connectivity index (χ4n) is 3.20. The van der Waals surface area contributed by atoms with E-state index in [1.807, 2.05) is 54.6 Å². The molecular weight excluding hydrogens is 372 g/mol. The van der Waals surface area contributed by atoms with E-state index in [0.717, 1.165) is 22.6 Å². The van der Waals surface area contributed by atoms with E-state index in [1.54, 1.807) is 36.4 Å². The van der Waals surface area contributed by atoms with Crippen LogP contribution in [0.1, 0.15) is 27.5 Å². The summed E-state index contributed by atoms with van der Waals surface area (Å²) in [6.07, 6.45) is 2.06. The summed E-state index contributed by atoms with van der Waals surface area (Å²) in [6.45, 7) is 0. The van der Waals surface area contributed by atoms with Gasteiger partial charge in [0.25, 0.3) is 5.91 Å². The highest BCUT2D eigenvalue weighted by Gasteiger charge is 2.31. The van der Waals surface area contributed by atoms with E-state index in [4.69, 9.17) is 16.3 Å². The first kappa shape index (κ1) is 18.1. The summed E-state index contributed by atoms with van der Waals surface area (Å²) in [5.41, 5.74) is 6.75. The van der Waals surface area contributed by atoms with E-state index in [2.05, 4.69) is 11.5 Å². The molecule has 0 saturated heterocycles. The van der Waals surface area contributed by atoms with E-state index in [9.17, 15) is 4.79 Å². The quantitative estimate of drug-likeness (QED) is 0.674. The van der Waals surface area contributed by atoms with E-state index in [1.165, 1.54) is 0 Å². The van der Waals surface area contributed by atoms with Crippen LogP contribution in [0, 0.1) is 0 Å². The van der Waals surface area contributed by atoms with Crippen molar-refractivity contribution in [3.05, 3.63) is 107 Å². The monoisotopic (exact) mass is 390 g/mol. The van der Waals surface area contributed by atoms with Gasteiger partial charge in [0.2, 0.25) is 0 Å². The van der Waals surface area contributed by atoms with Gasteiger partial charge in [0, 0.05) is 10.6 Å². The van der Waals surface area contributed by atoms with Crippen LogP contribution < -0.4 is 10.2 Å². The Morgan fingerprint density at radius 2 is 1.64 bits per heavy atom. The lowest BCUT2D eigenvalue weighted by Crippen LogP contribution is -2.39. The van der Waals surface area contributed by atoms with Crippen LogP contribution in [0.2, 0.25) is 5.02 Å². The first-order valence-electron chi connectivity index (χ1n) is 8.92. The standard InChI is InChI=1S/C23H19ClN2O2/c1-28-20-13-9-17(10-14-20)22-15-21(16-5-3-2-4-6-16)25-26(22)23(27)18-7-11-19(24)12-8-18/h2-15,22,25H,1H3/t22-/m0/s1. The predicted molar refractivity (Wildman–Crippen MR) is 111 cm³/mol. The Hall–Kier alpha value is -3.24. The van der Waals surface area contributed by atoms with Crippen LogP contribution >= 0.6 is 11.6 Å². The maximum absolute atomic E-state index is 13.2. The lowest BCUT2D eigenvalue weighted by molar-refractivity contribution is 0.0672. The Labute approximate surface area is 169 Å². The number of carbonyl (C=O) groups excluding carboxylic acids is 1. The minimum Gasteiger partial charge on any atom is -0.497 e. The van der Waals surface area contributed by atoms with E-state index < -0.39 is 0 Å². The average Bonchev–Trinajstić information content (AvgIpc) is 3.20. The second-order valence-corrected chi connectivity index (χ2v) is 6.89. The van der Waals surface area contributed by atoms with Crippen molar-refractivity contribution in [2.45, 2.75) is 6.04 Å². The molecule has 1 N–H and O–H groups in total. The molecule has 1 aliphatic rings. The Balaban J connectivity index is 1.70. The average molecular weight is 391 g/mol. The second-order valence-electron chi connectivity index (χ2n) is 6.46. The zero-order valence-corrected chi connectivity index (χ0v) is 16.1. The van der Waals surface area contributed by atoms with E-state index >= 15 is 0 Å². The number of halogens is 1. The van der Waals surface area contributed by atoms with Crippen molar-refractivity contribution in [3.63, 3.8) is 0 Å². The molecule has 0 aromatic heterocycles. The van der Waals surface area contributed by atoms with Gasteiger partial charge in [-0.25, -0.2) is 5.01 Å². The topological polar surface area (TPSA) is 41.6 Å². The summed E-state index contributed by atoms with van der Waals surface area (Å²) in [6, 6.07) is 24.3. The molecule has 0 saturated carbocycles. The number of nitrogens with one attached hydrogen (secondary N) is 1. The highest BCUT2D eigenvalue weighted by Crippen LogP contribution is 2.33. The van der Waals surface area contributed by atoms with Crippen LogP contribution in [0.3, 0.4) is 0 Å². The molecule has 0 radical (unpaired) electrons. The zero-order valence-electron chi connectivity index (χ0n) is 15.3. The van der Waals surface area contributed by atoms with Crippen molar-refractivity contribution < 1.29 is 9.53 Å². The van der Waals surface area contributed by atoms with Crippen molar-refractivity contribution in [1.82, 2.24) is 10.4 Å². The second kappa shape index (κ2) is 7.79. The van der Waals surface area contributed by atoms with Gasteiger partial charge in [-0.05, 0) is 53.6 Å². The van der Waals surface area contributed by atoms with Gasteiger partial charge < -0.3 is 4.74 Å². The van der Waals surface area contributed by atoms with Crippen LogP contribution in [0.5, 0.6) is 5.75 Å². The van der Waals surface area contributed by atoms with Gasteiger partial charge in [-0.3, -0.25) is 10.2 Å². The fourth-order valence-corrected chi connectivity index (χ4v) is 3.33. The number of hydrogen-bond acceptors (Lipinski definition) is 3. The summed E-state index contributed by atoms with van der Waals surface area (Å²) >= 11 is 5.97. The third kappa shape index (κ3) is 3.59. The Morgan fingerprint density at radius 1 is 0.964 bits per heavy atom. The zero-order chi connectivity index (χ0) is 19.5. The molecule has 0 spiro atoms. The highest BCUT2D eigenvalue weighted by molar-refractivity contribution is 6.30. The third-order valence-corrected chi connectivity index (χ3v) is 4.95. The van der Waals surface area contributed by atoms with Gasteiger partial charge >= 0.3 is 0 Å². The molecule has 0 bridgehead atoms.